The fourth-order valence-electron chi connectivity index (χ4n) is 6.02. The number of alkyl halides is 2. The van der Waals surface area contributed by atoms with E-state index in [9.17, 15) is 39.5 Å². The van der Waals surface area contributed by atoms with Crippen molar-refractivity contribution in [2.45, 2.75) is 76.7 Å². The summed E-state index contributed by atoms with van der Waals surface area (Å²) in [5.41, 5.74) is -0.658. The maximum Gasteiger partial charge on any atom is 0.400 e. The maximum absolute atomic E-state index is 14.9. The number of halogens is 9. The molecule has 0 N–H and O–H groups in total. The molecule has 11 heteroatoms. The first-order valence-corrected chi connectivity index (χ1v) is 14.9. The molecule has 0 aliphatic heterocycles. The number of hydrogen-bond donors (Lipinski definition) is 0. The zero-order valence-electron chi connectivity index (χ0n) is 24.3. The third-order valence-corrected chi connectivity index (χ3v) is 8.44. The summed E-state index contributed by atoms with van der Waals surface area (Å²) in [5.74, 6) is -11.6. The lowest BCUT2D eigenvalue weighted by Gasteiger charge is -2.32. The van der Waals surface area contributed by atoms with Crippen LogP contribution in [0.4, 0.5) is 39.5 Å². The summed E-state index contributed by atoms with van der Waals surface area (Å²) in [6.07, 6.45) is 4.29. The van der Waals surface area contributed by atoms with E-state index in [0.29, 0.717) is 57.1 Å². The van der Waals surface area contributed by atoms with Crippen molar-refractivity contribution in [2.75, 3.05) is 13.2 Å². The van der Waals surface area contributed by atoms with Crippen molar-refractivity contribution in [1.82, 2.24) is 0 Å². The zero-order chi connectivity index (χ0) is 32.0. The minimum atomic E-state index is -3.69. The minimum absolute atomic E-state index is 0.0404. The van der Waals surface area contributed by atoms with Gasteiger partial charge in [0.05, 0.1) is 5.92 Å². The van der Waals surface area contributed by atoms with Crippen molar-refractivity contribution >= 4 is 5.83 Å². The molecule has 0 heterocycles. The average Bonchev–Trinajstić information content (AvgIpc) is 2.98. The van der Waals surface area contributed by atoms with Gasteiger partial charge < -0.3 is 9.47 Å². The molecule has 0 spiro atoms. The molecule has 2 nitrogen and oxygen atoms in total. The van der Waals surface area contributed by atoms with Crippen molar-refractivity contribution in [1.29, 1.82) is 0 Å². The first kappa shape index (κ1) is 33.9. The van der Waals surface area contributed by atoms with Crippen LogP contribution in [0.15, 0.2) is 42.2 Å². The molecule has 0 saturated heterocycles. The van der Waals surface area contributed by atoms with E-state index in [0.717, 1.165) is 12.1 Å². The van der Waals surface area contributed by atoms with Gasteiger partial charge in [-0.1, -0.05) is 19.1 Å². The molecular weight excluding hydrogens is 599 g/mol. The Labute approximate surface area is 250 Å². The Morgan fingerprint density at radius 2 is 1.30 bits per heavy atom. The second-order valence-corrected chi connectivity index (χ2v) is 11.6. The van der Waals surface area contributed by atoms with Gasteiger partial charge in [0.2, 0.25) is 0 Å². The van der Waals surface area contributed by atoms with Crippen LogP contribution in [0.3, 0.4) is 0 Å². The Morgan fingerprint density at radius 3 is 1.82 bits per heavy atom. The van der Waals surface area contributed by atoms with E-state index >= 15 is 0 Å². The van der Waals surface area contributed by atoms with E-state index < -0.39 is 76.6 Å². The van der Waals surface area contributed by atoms with Crippen molar-refractivity contribution in [2.24, 2.45) is 17.8 Å². The van der Waals surface area contributed by atoms with Crippen LogP contribution >= 0.6 is 0 Å². The number of ether oxygens (including phenoxy) is 2. The molecule has 2 aromatic carbocycles. The third kappa shape index (κ3) is 8.40. The van der Waals surface area contributed by atoms with Gasteiger partial charge in [0.1, 0.15) is 24.0 Å². The molecule has 4 rings (SSSR count). The lowest BCUT2D eigenvalue weighted by Crippen LogP contribution is -2.37. The van der Waals surface area contributed by atoms with E-state index in [4.69, 9.17) is 4.74 Å². The van der Waals surface area contributed by atoms with Gasteiger partial charge in [0.25, 0.3) is 0 Å². The van der Waals surface area contributed by atoms with Gasteiger partial charge in [-0.2, -0.15) is 8.78 Å². The smallest absolute Gasteiger partial charge is 0.400 e. The number of hydrogen-bond acceptors (Lipinski definition) is 2. The lowest BCUT2D eigenvalue weighted by molar-refractivity contribution is -0.223. The van der Waals surface area contributed by atoms with Crippen molar-refractivity contribution in [3.63, 3.8) is 0 Å². The van der Waals surface area contributed by atoms with Crippen LogP contribution in [0, 0.1) is 46.8 Å². The first-order valence-electron chi connectivity index (χ1n) is 14.9. The molecule has 0 radical (unpaired) electrons. The largest absolute Gasteiger partial charge is 0.432 e. The van der Waals surface area contributed by atoms with Crippen LogP contribution in [0.25, 0.3) is 5.83 Å². The van der Waals surface area contributed by atoms with Crippen LogP contribution < -0.4 is 4.74 Å². The quantitative estimate of drug-likeness (QED) is 0.106. The molecule has 0 unspecified atom stereocenters. The Kier molecular flexibility index (Phi) is 11.5. The fourth-order valence-corrected chi connectivity index (χ4v) is 6.02. The summed E-state index contributed by atoms with van der Waals surface area (Å²) in [5, 5.41) is 0. The van der Waals surface area contributed by atoms with Gasteiger partial charge in [-0.3, -0.25) is 0 Å². The maximum atomic E-state index is 14.9. The minimum Gasteiger partial charge on any atom is -0.432 e. The predicted molar refractivity (Wildman–Crippen MR) is 148 cm³/mol. The van der Waals surface area contributed by atoms with Crippen molar-refractivity contribution < 1.29 is 49.0 Å². The SMILES string of the molecule is CCCOCC(F)=C(F)c1cc(F)c(C2CCC(C=CC3CCC(C(F)(F)Oc4cc(F)c(F)c(F)c4)CC3)CC2)c(F)c1. The van der Waals surface area contributed by atoms with Gasteiger partial charge >= 0.3 is 6.11 Å². The summed E-state index contributed by atoms with van der Waals surface area (Å²) >= 11 is 0. The summed E-state index contributed by atoms with van der Waals surface area (Å²) < 4.78 is 137. The molecule has 2 fully saturated rings. The van der Waals surface area contributed by atoms with Crippen LogP contribution in [-0.4, -0.2) is 19.3 Å². The zero-order valence-corrected chi connectivity index (χ0v) is 24.3. The molecule has 0 atom stereocenters. The molecule has 0 bridgehead atoms. The Bertz CT molecular complexity index is 1290. The van der Waals surface area contributed by atoms with Gasteiger partial charge in [0, 0.05) is 29.9 Å². The molecule has 2 saturated carbocycles. The Morgan fingerprint density at radius 1 is 0.773 bits per heavy atom. The third-order valence-electron chi connectivity index (χ3n) is 8.44. The Balaban J connectivity index is 1.27. The molecule has 242 valence electrons. The van der Waals surface area contributed by atoms with Crippen LogP contribution in [-0.2, 0) is 4.74 Å². The summed E-state index contributed by atoms with van der Waals surface area (Å²) in [6.45, 7) is 1.41. The van der Waals surface area contributed by atoms with E-state index in [1.165, 1.54) is 0 Å². The number of rotatable bonds is 11. The number of benzene rings is 2. The highest BCUT2D eigenvalue weighted by molar-refractivity contribution is 5.61. The first-order chi connectivity index (χ1) is 20.9. The van der Waals surface area contributed by atoms with Gasteiger partial charge in [-0.25, -0.2) is 30.7 Å². The second kappa shape index (κ2) is 14.9. The predicted octanol–water partition coefficient (Wildman–Crippen LogP) is 10.7. The molecular formula is C33H35F9O2. The van der Waals surface area contributed by atoms with Gasteiger partial charge in [0.15, 0.2) is 29.1 Å². The summed E-state index contributed by atoms with van der Waals surface area (Å²) in [6, 6.07) is 2.39. The van der Waals surface area contributed by atoms with E-state index in [1.54, 1.807) is 6.92 Å². The summed E-state index contributed by atoms with van der Waals surface area (Å²) in [4.78, 5) is 0. The molecule has 0 aromatic heterocycles. The standard InChI is InChI=1S/C33H35F9O2/c1-2-13-43-18-29(38)31(39)22-14-25(34)30(26(35)15-22)21-9-5-19(6-10-21)3-4-20-7-11-23(12-8-20)33(41,42)44-24-16-27(36)32(40)28(37)17-24/h3-4,14-17,19-21,23H,2,5-13,18H2,1H3. The van der Waals surface area contributed by atoms with Crippen LogP contribution in [0.1, 0.15) is 81.8 Å². The highest BCUT2D eigenvalue weighted by Crippen LogP contribution is 2.42. The normalized spacial score (nSPS) is 23.6. The lowest BCUT2D eigenvalue weighted by atomic mass is 9.77. The van der Waals surface area contributed by atoms with Crippen LogP contribution in [0.5, 0.6) is 5.75 Å². The van der Waals surface area contributed by atoms with Crippen molar-refractivity contribution in [3.05, 3.63) is 82.5 Å². The summed E-state index contributed by atoms with van der Waals surface area (Å²) in [7, 11) is 0. The average molecular weight is 635 g/mol. The topological polar surface area (TPSA) is 18.5 Å². The molecule has 2 aliphatic carbocycles. The second-order valence-electron chi connectivity index (χ2n) is 11.6. The van der Waals surface area contributed by atoms with E-state index in [2.05, 4.69) is 4.74 Å². The monoisotopic (exact) mass is 634 g/mol. The van der Waals surface area contributed by atoms with E-state index in [-0.39, 0.29) is 36.8 Å². The molecule has 0 amide bonds. The molecule has 44 heavy (non-hydrogen) atoms. The number of allylic oxidation sites excluding steroid dienone is 2. The van der Waals surface area contributed by atoms with Gasteiger partial charge in [-0.05, 0) is 87.7 Å². The van der Waals surface area contributed by atoms with Gasteiger partial charge in [-0.15, -0.1) is 0 Å². The highest BCUT2D eigenvalue weighted by Gasteiger charge is 2.44. The highest BCUT2D eigenvalue weighted by atomic mass is 19.3. The Hall–Kier alpha value is -2.95. The molecule has 2 aliphatic rings. The molecule has 2 aromatic rings. The fraction of sp³-hybridized carbons (Fsp3) is 0.515. The van der Waals surface area contributed by atoms with Crippen LogP contribution in [0.2, 0.25) is 0 Å². The van der Waals surface area contributed by atoms with Crippen molar-refractivity contribution in [3.8, 4) is 5.75 Å². The van der Waals surface area contributed by atoms with E-state index in [1.807, 2.05) is 12.2 Å².